The van der Waals surface area contributed by atoms with E-state index in [1.165, 1.54) is 68.6 Å². The molecule has 4 rings (SSSR count). The summed E-state index contributed by atoms with van der Waals surface area (Å²) in [4.78, 5) is 28.2. The van der Waals surface area contributed by atoms with Gasteiger partial charge in [-0.05, 0) is 35.9 Å². The van der Waals surface area contributed by atoms with Crippen LogP contribution in [0.5, 0.6) is 11.5 Å². The highest BCUT2D eigenvalue weighted by molar-refractivity contribution is 6.05. The largest absolute Gasteiger partial charge is 0.493 e. The van der Waals surface area contributed by atoms with E-state index in [0.717, 1.165) is 0 Å². The molecule has 0 unspecified atom stereocenters. The van der Waals surface area contributed by atoms with Gasteiger partial charge in [0, 0.05) is 18.2 Å². The molecule has 1 heterocycles. The molecule has 0 spiro atoms. The molecule has 0 aliphatic carbocycles. The number of hydrogen-bond acceptors (Lipinski definition) is 4. The third-order valence-corrected chi connectivity index (χ3v) is 5.81. The Labute approximate surface area is 189 Å². The number of likely N-dealkylation sites (N-methyl/N-ethyl adjacent to an activating group) is 1. The normalized spacial score (nSPS) is 17.4. The molecular weight excluding hydrogens is 430 g/mol. The second-order valence-corrected chi connectivity index (χ2v) is 7.62. The fourth-order valence-electron chi connectivity index (χ4n) is 4.21. The van der Waals surface area contributed by atoms with Crippen molar-refractivity contribution in [3.63, 3.8) is 0 Å². The number of fused-ring (bicyclic) bond motifs is 1. The van der Waals surface area contributed by atoms with Gasteiger partial charge in [-0.3, -0.25) is 9.59 Å². The molecule has 8 heteroatoms. The van der Waals surface area contributed by atoms with Crippen LogP contribution < -0.4 is 14.8 Å². The van der Waals surface area contributed by atoms with Gasteiger partial charge in [0.15, 0.2) is 11.5 Å². The van der Waals surface area contributed by atoms with E-state index in [4.69, 9.17) is 9.47 Å². The SMILES string of the molecule is COc1cc2c(cc1OC)[C@H](C(=O)Nc1ccccc1F)[C@@H](c1ccccc1F)N(C)C2=O. The van der Waals surface area contributed by atoms with Crippen molar-refractivity contribution in [3.05, 3.63) is 89.0 Å². The maximum Gasteiger partial charge on any atom is 0.254 e. The third-order valence-electron chi connectivity index (χ3n) is 5.81. The lowest BCUT2D eigenvalue weighted by Gasteiger charge is -2.40. The van der Waals surface area contributed by atoms with Crippen LogP contribution in [0.3, 0.4) is 0 Å². The Morgan fingerprint density at radius 2 is 1.52 bits per heavy atom. The standard InChI is InChI=1S/C25H22F2N2O4/c1-29-23(14-8-4-5-9-17(14)26)22(24(30)28-19-11-7-6-10-18(19)27)15-12-20(32-2)21(33-3)13-16(15)25(29)31/h4-13,22-23H,1-3H3,(H,28,30)/t22-,23+/m0/s1. The van der Waals surface area contributed by atoms with Crippen LogP contribution in [0, 0.1) is 11.6 Å². The predicted octanol–water partition coefficient (Wildman–Crippen LogP) is 4.53. The molecule has 0 fully saturated rings. The number of halogens is 2. The summed E-state index contributed by atoms with van der Waals surface area (Å²) in [5, 5.41) is 2.60. The summed E-state index contributed by atoms with van der Waals surface area (Å²) in [5.74, 6) is -2.61. The summed E-state index contributed by atoms with van der Waals surface area (Å²) in [6, 6.07) is 13.8. The number of nitrogens with zero attached hydrogens (tertiary/aromatic N) is 1. The number of carbonyl (C=O) groups excluding carboxylic acids is 2. The second kappa shape index (κ2) is 8.90. The van der Waals surface area contributed by atoms with Crippen LogP contribution in [0.1, 0.15) is 33.4 Å². The molecule has 1 aliphatic heterocycles. The lowest BCUT2D eigenvalue weighted by Crippen LogP contribution is -2.44. The average Bonchev–Trinajstić information content (AvgIpc) is 2.82. The van der Waals surface area contributed by atoms with Crippen molar-refractivity contribution >= 4 is 17.5 Å². The Morgan fingerprint density at radius 1 is 0.909 bits per heavy atom. The van der Waals surface area contributed by atoms with Crippen molar-refractivity contribution in [2.75, 3.05) is 26.6 Å². The average molecular weight is 452 g/mol. The molecule has 0 radical (unpaired) electrons. The second-order valence-electron chi connectivity index (χ2n) is 7.62. The summed E-state index contributed by atoms with van der Waals surface area (Å²) in [6.07, 6.45) is 0. The number of anilines is 1. The van der Waals surface area contributed by atoms with Crippen LogP contribution >= 0.6 is 0 Å². The number of para-hydroxylation sites is 1. The summed E-state index contributed by atoms with van der Waals surface area (Å²) in [5.41, 5.74) is 0.702. The van der Waals surface area contributed by atoms with Crippen molar-refractivity contribution in [1.29, 1.82) is 0 Å². The van der Waals surface area contributed by atoms with Gasteiger partial charge >= 0.3 is 0 Å². The zero-order chi connectivity index (χ0) is 23.7. The summed E-state index contributed by atoms with van der Waals surface area (Å²) < 4.78 is 39.8. The van der Waals surface area contributed by atoms with Gasteiger partial charge in [-0.25, -0.2) is 8.78 Å². The summed E-state index contributed by atoms with van der Waals surface area (Å²) in [7, 11) is 4.37. The minimum Gasteiger partial charge on any atom is -0.493 e. The molecule has 3 aromatic carbocycles. The minimum atomic E-state index is -1.06. The lowest BCUT2D eigenvalue weighted by molar-refractivity contribution is -0.119. The van der Waals surface area contributed by atoms with Crippen LogP contribution in [-0.4, -0.2) is 38.0 Å². The fourth-order valence-corrected chi connectivity index (χ4v) is 4.21. The van der Waals surface area contributed by atoms with E-state index in [-0.39, 0.29) is 16.8 Å². The van der Waals surface area contributed by atoms with Gasteiger partial charge in [-0.2, -0.15) is 0 Å². The number of amides is 2. The van der Waals surface area contributed by atoms with Crippen LogP contribution in [0.25, 0.3) is 0 Å². The van der Waals surface area contributed by atoms with Crippen molar-refractivity contribution in [3.8, 4) is 11.5 Å². The van der Waals surface area contributed by atoms with Crippen molar-refractivity contribution in [1.82, 2.24) is 4.90 Å². The van der Waals surface area contributed by atoms with Crippen LogP contribution in [0.15, 0.2) is 60.7 Å². The van der Waals surface area contributed by atoms with Gasteiger partial charge in [0.05, 0.1) is 31.9 Å². The Hall–Kier alpha value is -3.94. The zero-order valence-electron chi connectivity index (χ0n) is 18.3. The molecule has 0 saturated heterocycles. The summed E-state index contributed by atoms with van der Waals surface area (Å²) in [6.45, 7) is 0. The molecule has 6 nitrogen and oxygen atoms in total. The number of nitrogens with one attached hydrogen (secondary N) is 1. The Bertz CT molecular complexity index is 1230. The number of ether oxygens (including phenoxy) is 2. The Morgan fingerprint density at radius 3 is 2.15 bits per heavy atom. The number of benzene rings is 3. The van der Waals surface area contributed by atoms with E-state index >= 15 is 0 Å². The first-order chi connectivity index (χ1) is 15.9. The maximum atomic E-state index is 14.9. The first-order valence-electron chi connectivity index (χ1n) is 10.2. The van der Waals surface area contributed by atoms with Crippen LogP contribution in [0.2, 0.25) is 0 Å². The fraction of sp³-hybridized carbons (Fsp3) is 0.200. The molecule has 1 N–H and O–H groups in total. The molecule has 33 heavy (non-hydrogen) atoms. The van der Waals surface area contributed by atoms with Gasteiger partial charge in [-0.1, -0.05) is 30.3 Å². The smallest absolute Gasteiger partial charge is 0.254 e. The summed E-state index contributed by atoms with van der Waals surface area (Å²) >= 11 is 0. The van der Waals surface area contributed by atoms with Gasteiger partial charge in [0.1, 0.15) is 11.6 Å². The number of rotatable bonds is 5. The van der Waals surface area contributed by atoms with Gasteiger partial charge in [-0.15, -0.1) is 0 Å². The number of methoxy groups -OCH3 is 2. The van der Waals surface area contributed by atoms with Gasteiger partial charge in [0.2, 0.25) is 5.91 Å². The van der Waals surface area contributed by atoms with E-state index in [0.29, 0.717) is 17.1 Å². The zero-order valence-corrected chi connectivity index (χ0v) is 18.3. The Kier molecular flexibility index (Phi) is 6.00. The molecule has 2 amide bonds. The minimum absolute atomic E-state index is 0.0173. The topological polar surface area (TPSA) is 67.9 Å². The van der Waals surface area contributed by atoms with Gasteiger partial charge < -0.3 is 19.7 Å². The van der Waals surface area contributed by atoms with Gasteiger partial charge in [0.25, 0.3) is 5.91 Å². The molecule has 2 atom stereocenters. The van der Waals surface area contributed by atoms with Crippen LogP contribution in [0.4, 0.5) is 14.5 Å². The predicted molar refractivity (Wildman–Crippen MR) is 119 cm³/mol. The van der Waals surface area contributed by atoms with E-state index in [1.54, 1.807) is 18.2 Å². The van der Waals surface area contributed by atoms with E-state index in [1.807, 2.05) is 0 Å². The van der Waals surface area contributed by atoms with E-state index < -0.39 is 35.4 Å². The third kappa shape index (κ3) is 3.88. The first-order valence-corrected chi connectivity index (χ1v) is 10.2. The maximum absolute atomic E-state index is 14.9. The van der Waals surface area contributed by atoms with Crippen molar-refractivity contribution in [2.24, 2.45) is 0 Å². The molecule has 0 aromatic heterocycles. The molecule has 170 valence electrons. The molecule has 0 saturated carbocycles. The monoisotopic (exact) mass is 452 g/mol. The highest BCUT2D eigenvalue weighted by atomic mass is 19.1. The van der Waals surface area contributed by atoms with E-state index in [9.17, 15) is 18.4 Å². The van der Waals surface area contributed by atoms with Crippen LogP contribution in [-0.2, 0) is 4.79 Å². The quantitative estimate of drug-likeness (QED) is 0.618. The molecule has 1 aliphatic rings. The number of carbonyl (C=O) groups is 2. The van der Waals surface area contributed by atoms with Crippen molar-refractivity contribution < 1.29 is 27.8 Å². The molecule has 0 bridgehead atoms. The number of hydrogen-bond donors (Lipinski definition) is 1. The highest BCUT2D eigenvalue weighted by Gasteiger charge is 2.44. The molecular formula is C25H22F2N2O4. The Balaban J connectivity index is 1.92. The highest BCUT2D eigenvalue weighted by Crippen LogP contribution is 2.46. The lowest BCUT2D eigenvalue weighted by atomic mass is 9.79. The van der Waals surface area contributed by atoms with Crippen molar-refractivity contribution in [2.45, 2.75) is 12.0 Å². The first kappa shape index (κ1) is 22.3. The van der Waals surface area contributed by atoms with E-state index in [2.05, 4.69) is 5.32 Å². The molecule has 3 aromatic rings.